The average molecular weight is 241 g/mol. The third kappa shape index (κ3) is 9.64. The Bertz CT molecular complexity index is 148. The van der Waals surface area contributed by atoms with Crippen LogP contribution >= 0.6 is 0 Å². The molecule has 0 saturated carbocycles. The van der Waals surface area contributed by atoms with Crippen LogP contribution in [0.15, 0.2) is 0 Å². The van der Waals surface area contributed by atoms with E-state index in [0.29, 0.717) is 0 Å². The van der Waals surface area contributed by atoms with Gasteiger partial charge in [-0.25, -0.2) is 0 Å². The average Bonchev–Trinajstić information content (AvgIpc) is 2.28. The lowest BCUT2D eigenvalue weighted by atomic mass is 9.84. The molecule has 0 aromatic heterocycles. The Morgan fingerprint density at radius 1 is 0.588 bits per heavy atom. The summed E-state index contributed by atoms with van der Waals surface area (Å²) in [6.07, 6.45) is 15.8. The van der Waals surface area contributed by atoms with Crippen molar-refractivity contribution < 1.29 is 0 Å². The van der Waals surface area contributed by atoms with Gasteiger partial charge in [0.1, 0.15) is 0 Å². The number of rotatable bonds is 12. The van der Waals surface area contributed by atoms with Gasteiger partial charge in [0.2, 0.25) is 0 Å². The highest BCUT2D eigenvalue weighted by atomic mass is 14.7. The lowest BCUT2D eigenvalue weighted by Gasteiger charge is -2.29. The van der Waals surface area contributed by atoms with E-state index in [9.17, 15) is 0 Å². The Kier molecular flexibility index (Phi) is 11.0. The SMILES string of the molecule is CCCCCCCCCC(N)(CCC)CCC. The molecule has 0 unspecified atom stereocenters. The molecule has 1 heteroatoms. The van der Waals surface area contributed by atoms with Crippen molar-refractivity contribution >= 4 is 0 Å². The minimum Gasteiger partial charge on any atom is -0.325 e. The summed E-state index contributed by atoms with van der Waals surface area (Å²) in [6, 6.07) is 0. The standard InChI is InChI=1S/C16H35N/c1-4-7-8-9-10-11-12-15-16(17,13-5-2)14-6-3/h4-15,17H2,1-3H3. The summed E-state index contributed by atoms with van der Waals surface area (Å²) in [6.45, 7) is 6.78. The highest BCUT2D eigenvalue weighted by Crippen LogP contribution is 2.23. The molecule has 0 amide bonds. The predicted octanol–water partition coefficient (Wildman–Crippen LogP) is 5.42. The van der Waals surface area contributed by atoms with E-state index in [1.165, 1.54) is 77.0 Å². The van der Waals surface area contributed by atoms with Crippen molar-refractivity contribution in [3.63, 3.8) is 0 Å². The fourth-order valence-corrected chi connectivity index (χ4v) is 2.80. The first kappa shape index (κ1) is 17.0. The van der Waals surface area contributed by atoms with Crippen LogP contribution in [0.5, 0.6) is 0 Å². The fourth-order valence-electron chi connectivity index (χ4n) is 2.80. The third-order valence-corrected chi connectivity index (χ3v) is 3.77. The highest BCUT2D eigenvalue weighted by molar-refractivity contribution is 4.82. The summed E-state index contributed by atoms with van der Waals surface area (Å²) >= 11 is 0. The van der Waals surface area contributed by atoms with Gasteiger partial charge in [0, 0.05) is 5.54 Å². The maximum Gasteiger partial charge on any atom is 0.0154 e. The molecular formula is C16H35N. The molecule has 0 bridgehead atoms. The third-order valence-electron chi connectivity index (χ3n) is 3.77. The molecule has 0 aliphatic carbocycles. The van der Waals surface area contributed by atoms with E-state index in [1.54, 1.807) is 0 Å². The molecule has 0 rings (SSSR count). The van der Waals surface area contributed by atoms with Crippen molar-refractivity contribution in [3.05, 3.63) is 0 Å². The van der Waals surface area contributed by atoms with E-state index in [0.717, 1.165) is 0 Å². The molecule has 104 valence electrons. The van der Waals surface area contributed by atoms with Crippen LogP contribution in [-0.4, -0.2) is 5.54 Å². The summed E-state index contributed by atoms with van der Waals surface area (Å²) in [5.74, 6) is 0. The summed E-state index contributed by atoms with van der Waals surface area (Å²) in [5, 5.41) is 0. The largest absolute Gasteiger partial charge is 0.325 e. The van der Waals surface area contributed by atoms with Crippen molar-refractivity contribution in [3.8, 4) is 0 Å². The zero-order chi connectivity index (χ0) is 13.0. The molecule has 2 N–H and O–H groups in total. The molecule has 1 nitrogen and oxygen atoms in total. The Morgan fingerprint density at radius 2 is 1.06 bits per heavy atom. The van der Waals surface area contributed by atoms with E-state index in [2.05, 4.69) is 20.8 Å². The maximum atomic E-state index is 6.48. The Morgan fingerprint density at radius 3 is 1.53 bits per heavy atom. The highest BCUT2D eigenvalue weighted by Gasteiger charge is 2.21. The first-order valence-electron chi connectivity index (χ1n) is 7.97. The van der Waals surface area contributed by atoms with E-state index < -0.39 is 0 Å². The summed E-state index contributed by atoms with van der Waals surface area (Å²) in [5.41, 5.74) is 6.63. The molecule has 0 saturated heterocycles. The second-order valence-electron chi connectivity index (χ2n) is 5.73. The molecule has 0 spiro atoms. The lowest BCUT2D eigenvalue weighted by Crippen LogP contribution is -2.39. The summed E-state index contributed by atoms with van der Waals surface area (Å²) < 4.78 is 0. The Labute approximate surface area is 110 Å². The van der Waals surface area contributed by atoms with Gasteiger partial charge in [0.15, 0.2) is 0 Å². The Balaban J connectivity index is 3.54. The quantitative estimate of drug-likeness (QED) is 0.453. The van der Waals surface area contributed by atoms with E-state index >= 15 is 0 Å². The van der Waals surface area contributed by atoms with E-state index in [4.69, 9.17) is 5.73 Å². The second-order valence-corrected chi connectivity index (χ2v) is 5.73. The minimum absolute atomic E-state index is 0.146. The number of hydrogen-bond acceptors (Lipinski definition) is 1. The van der Waals surface area contributed by atoms with Gasteiger partial charge in [-0.2, -0.15) is 0 Å². The smallest absolute Gasteiger partial charge is 0.0154 e. The van der Waals surface area contributed by atoms with Gasteiger partial charge in [0.25, 0.3) is 0 Å². The molecule has 17 heavy (non-hydrogen) atoms. The van der Waals surface area contributed by atoms with Crippen molar-refractivity contribution in [2.24, 2.45) is 5.73 Å². The van der Waals surface area contributed by atoms with Crippen LogP contribution in [0.2, 0.25) is 0 Å². The monoisotopic (exact) mass is 241 g/mol. The summed E-state index contributed by atoms with van der Waals surface area (Å²) in [4.78, 5) is 0. The lowest BCUT2D eigenvalue weighted by molar-refractivity contribution is 0.320. The van der Waals surface area contributed by atoms with Crippen molar-refractivity contribution in [1.29, 1.82) is 0 Å². The van der Waals surface area contributed by atoms with E-state index in [1.807, 2.05) is 0 Å². The van der Waals surface area contributed by atoms with Gasteiger partial charge in [-0.3, -0.25) is 0 Å². The minimum atomic E-state index is 0.146. The zero-order valence-electron chi connectivity index (χ0n) is 12.6. The molecule has 0 fully saturated rings. The zero-order valence-corrected chi connectivity index (χ0v) is 12.6. The Hall–Kier alpha value is -0.0400. The number of nitrogens with two attached hydrogens (primary N) is 1. The van der Waals surface area contributed by atoms with Crippen LogP contribution < -0.4 is 5.73 Å². The van der Waals surface area contributed by atoms with Gasteiger partial charge >= 0.3 is 0 Å². The predicted molar refractivity (Wildman–Crippen MR) is 79.3 cm³/mol. The van der Waals surface area contributed by atoms with Crippen LogP contribution in [0, 0.1) is 0 Å². The van der Waals surface area contributed by atoms with Gasteiger partial charge < -0.3 is 5.73 Å². The van der Waals surface area contributed by atoms with Gasteiger partial charge in [-0.1, -0.05) is 78.6 Å². The molecular weight excluding hydrogens is 206 g/mol. The van der Waals surface area contributed by atoms with Gasteiger partial charge in [-0.05, 0) is 19.3 Å². The summed E-state index contributed by atoms with van der Waals surface area (Å²) in [7, 11) is 0. The second kappa shape index (κ2) is 11.1. The topological polar surface area (TPSA) is 26.0 Å². The van der Waals surface area contributed by atoms with Gasteiger partial charge in [0.05, 0.1) is 0 Å². The number of unbranched alkanes of at least 4 members (excludes halogenated alkanes) is 6. The normalized spacial score (nSPS) is 12.0. The fraction of sp³-hybridized carbons (Fsp3) is 1.00. The molecule has 0 aromatic rings. The van der Waals surface area contributed by atoms with Gasteiger partial charge in [-0.15, -0.1) is 0 Å². The van der Waals surface area contributed by atoms with Crippen LogP contribution in [-0.2, 0) is 0 Å². The van der Waals surface area contributed by atoms with E-state index in [-0.39, 0.29) is 5.54 Å². The molecule has 0 atom stereocenters. The molecule has 0 radical (unpaired) electrons. The number of hydrogen-bond donors (Lipinski definition) is 1. The van der Waals surface area contributed by atoms with Crippen molar-refractivity contribution in [2.45, 2.75) is 103 Å². The molecule has 0 aliphatic heterocycles. The molecule has 0 aromatic carbocycles. The van der Waals surface area contributed by atoms with Crippen LogP contribution in [0.3, 0.4) is 0 Å². The molecule has 0 aliphatic rings. The first-order valence-corrected chi connectivity index (χ1v) is 7.97. The van der Waals surface area contributed by atoms with Crippen LogP contribution in [0.1, 0.15) is 97.8 Å². The van der Waals surface area contributed by atoms with Crippen LogP contribution in [0.25, 0.3) is 0 Å². The van der Waals surface area contributed by atoms with Crippen molar-refractivity contribution in [2.75, 3.05) is 0 Å². The first-order chi connectivity index (χ1) is 8.18. The molecule has 0 heterocycles. The maximum absolute atomic E-state index is 6.48. The van der Waals surface area contributed by atoms with Crippen molar-refractivity contribution in [1.82, 2.24) is 0 Å². The van der Waals surface area contributed by atoms with Crippen LogP contribution in [0.4, 0.5) is 0 Å².